The highest BCUT2D eigenvalue weighted by Crippen LogP contribution is 2.28. The minimum absolute atomic E-state index is 0.0144. The normalized spacial score (nSPS) is 22.7. The summed E-state index contributed by atoms with van der Waals surface area (Å²) in [5.74, 6) is -0.701. The maximum atomic E-state index is 10.8. The number of aliphatic carboxylic acids is 1. The Morgan fingerprint density at radius 3 is 2.94 bits per heavy atom. The molecule has 2 N–H and O–H groups in total. The second-order valence-electron chi connectivity index (χ2n) is 4.35. The molecule has 0 bridgehead atoms. The predicted octanol–water partition coefficient (Wildman–Crippen LogP) is 1.65. The smallest absolute Gasteiger partial charge is 0.306 e. The molecule has 1 aliphatic rings. The number of nitro groups is 1. The number of carboxylic acid groups (broad SMARTS) is 1. The van der Waals surface area contributed by atoms with E-state index in [1.165, 1.54) is 18.3 Å². The summed E-state index contributed by atoms with van der Waals surface area (Å²) in [7, 11) is 0. The molecular formula is C11H13N3O4. The highest BCUT2D eigenvalue weighted by atomic mass is 16.6. The Bertz CT molecular complexity index is 477. The van der Waals surface area contributed by atoms with Gasteiger partial charge in [-0.15, -0.1) is 0 Å². The van der Waals surface area contributed by atoms with Gasteiger partial charge in [-0.2, -0.15) is 0 Å². The van der Waals surface area contributed by atoms with Crippen molar-refractivity contribution in [3.8, 4) is 0 Å². The summed E-state index contributed by atoms with van der Waals surface area (Å²) in [5, 5.41) is 22.5. The van der Waals surface area contributed by atoms with E-state index in [1.54, 1.807) is 0 Å². The molecule has 0 spiro atoms. The van der Waals surface area contributed by atoms with Crippen molar-refractivity contribution < 1.29 is 14.8 Å². The first-order valence-electron chi connectivity index (χ1n) is 5.66. The van der Waals surface area contributed by atoms with E-state index in [-0.39, 0.29) is 17.6 Å². The molecule has 0 aliphatic heterocycles. The van der Waals surface area contributed by atoms with Gasteiger partial charge in [0, 0.05) is 18.3 Å². The quantitative estimate of drug-likeness (QED) is 0.622. The standard InChI is InChI=1S/C11H13N3O4/c15-11(16)7-1-2-8(5-7)13-10-6-9(14(17)18)3-4-12-10/h3-4,6-8H,1-2,5H2,(H,12,13)(H,15,16). The molecule has 2 unspecified atom stereocenters. The highest BCUT2D eigenvalue weighted by molar-refractivity contribution is 5.70. The number of nitrogens with zero attached hydrogens (tertiary/aromatic N) is 2. The molecule has 1 aliphatic carbocycles. The zero-order valence-corrected chi connectivity index (χ0v) is 9.57. The molecular weight excluding hydrogens is 238 g/mol. The van der Waals surface area contributed by atoms with Crippen LogP contribution in [0.15, 0.2) is 18.3 Å². The first kappa shape index (κ1) is 12.3. The predicted molar refractivity (Wildman–Crippen MR) is 63.3 cm³/mol. The van der Waals surface area contributed by atoms with Gasteiger partial charge in [0.1, 0.15) is 5.82 Å². The van der Waals surface area contributed by atoms with Gasteiger partial charge in [0.05, 0.1) is 16.9 Å². The Morgan fingerprint density at radius 2 is 2.33 bits per heavy atom. The van der Waals surface area contributed by atoms with Gasteiger partial charge in [0.25, 0.3) is 5.69 Å². The Kier molecular flexibility index (Phi) is 3.40. The van der Waals surface area contributed by atoms with Gasteiger partial charge in [-0.05, 0) is 19.3 Å². The summed E-state index contributed by atoms with van der Waals surface area (Å²) < 4.78 is 0. The van der Waals surface area contributed by atoms with Crippen molar-refractivity contribution in [1.82, 2.24) is 4.98 Å². The lowest BCUT2D eigenvalue weighted by Crippen LogP contribution is -2.18. The Labute approximate surface area is 103 Å². The number of hydrogen-bond acceptors (Lipinski definition) is 5. The van der Waals surface area contributed by atoms with Gasteiger partial charge in [-0.3, -0.25) is 14.9 Å². The van der Waals surface area contributed by atoms with E-state index in [9.17, 15) is 14.9 Å². The summed E-state index contributed by atoms with van der Waals surface area (Å²) in [6.07, 6.45) is 3.26. The highest BCUT2D eigenvalue weighted by Gasteiger charge is 2.29. The molecule has 2 rings (SSSR count). The number of nitrogens with one attached hydrogen (secondary N) is 1. The molecule has 0 saturated heterocycles. The van der Waals surface area contributed by atoms with Crippen molar-refractivity contribution in [2.75, 3.05) is 5.32 Å². The molecule has 7 heteroatoms. The molecule has 1 heterocycles. The molecule has 0 amide bonds. The van der Waals surface area contributed by atoms with E-state index in [0.717, 1.165) is 6.42 Å². The van der Waals surface area contributed by atoms with Gasteiger partial charge in [-0.1, -0.05) is 0 Å². The largest absolute Gasteiger partial charge is 0.481 e. The number of aromatic nitrogens is 1. The van der Waals surface area contributed by atoms with Gasteiger partial charge < -0.3 is 10.4 Å². The number of pyridine rings is 1. The zero-order chi connectivity index (χ0) is 13.1. The third kappa shape index (κ3) is 2.73. The van der Waals surface area contributed by atoms with Crippen LogP contribution < -0.4 is 5.32 Å². The maximum absolute atomic E-state index is 10.8. The lowest BCUT2D eigenvalue weighted by Gasteiger charge is -2.12. The zero-order valence-electron chi connectivity index (χ0n) is 9.57. The summed E-state index contributed by atoms with van der Waals surface area (Å²) >= 11 is 0. The summed E-state index contributed by atoms with van der Waals surface area (Å²) in [5.41, 5.74) is -0.0275. The van der Waals surface area contributed by atoms with Crippen LogP contribution in [0, 0.1) is 16.0 Å². The van der Waals surface area contributed by atoms with Crippen LogP contribution in [-0.2, 0) is 4.79 Å². The fourth-order valence-electron chi connectivity index (χ4n) is 2.16. The van der Waals surface area contributed by atoms with Crippen molar-refractivity contribution in [3.63, 3.8) is 0 Å². The maximum Gasteiger partial charge on any atom is 0.306 e. The van der Waals surface area contributed by atoms with Gasteiger partial charge in [-0.25, -0.2) is 4.98 Å². The first-order chi connectivity index (χ1) is 8.56. The fraction of sp³-hybridized carbons (Fsp3) is 0.455. The van der Waals surface area contributed by atoms with Gasteiger partial charge >= 0.3 is 5.97 Å². The molecule has 1 fully saturated rings. The van der Waals surface area contributed by atoms with Crippen LogP contribution in [-0.4, -0.2) is 27.0 Å². The van der Waals surface area contributed by atoms with Crippen LogP contribution in [0.25, 0.3) is 0 Å². The molecule has 0 radical (unpaired) electrons. The monoisotopic (exact) mass is 251 g/mol. The van der Waals surface area contributed by atoms with E-state index in [0.29, 0.717) is 18.7 Å². The van der Waals surface area contributed by atoms with E-state index >= 15 is 0 Å². The molecule has 0 aromatic carbocycles. The van der Waals surface area contributed by atoms with E-state index < -0.39 is 10.9 Å². The van der Waals surface area contributed by atoms with Crippen LogP contribution in [0.3, 0.4) is 0 Å². The molecule has 1 aromatic heterocycles. The van der Waals surface area contributed by atoms with Crippen molar-refractivity contribution >= 4 is 17.5 Å². The summed E-state index contributed by atoms with van der Waals surface area (Å²) in [6, 6.07) is 2.69. The SMILES string of the molecule is O=C(O)C1CCC(Nc2cc([N+](=O)[O-])ccn2)C1. The van der Waals surface area contributed by atoms with E-state index in [4.69, 9.17) is 5.11 Å². The lowest BCUT2D eigenvalue weighted by molar-refractivity contribution is -0.384. The van der Waals surface area contributed by atoms with Crippen LogP contribution >= 0.6 is 0 Å². The second kappa shape index (κ2) is 4.99. The average Bonchev–Trinajstić information content (AvgIpc) is 2.78. The molecule has 18 heavy (non-hydrogen) atoms. The number of anilines is 1. The third-order valence-electron chi connectivity index (χ3n) is 3.09. The van der Waals surface area contributed by atoms with E-state index in [1.807, 2.05) is 0 Å². The molecule has 2 atom stereocenters. The van der Waals surface area contributed by atoms with Gasteiger partial charge in [0.15, 0.2) is 0 Å². The lowest BCUT2D eigenvalue weighted by atomic mass is 10.1. The Hall–Kier alpha value is -2.18. The number of hydrogen-bond donors (Lipinski definition) is 2. The third-order valence-corrected chi connectivity index (χ3v) is 3.09. The van der Waals surface area contributed by atoms with Gasteiger partial charge in [0.2, 0.25) is 0 Å². The fourth-order valence-corrected chi connectivity index (χ4v) is 2.16. The number of carbonyl (C=O) groups is 1. The number of rotatable bonds is 4. The van der Waals surface area contributed by atoms with E-state index in [2.05, 4.69) is 10.3 Å². The Morgan fingerprint density at radius 1 is 1.56 bits per heavy atom. The topological polar surface area (TPSA) is 105 Å². The Balaban J connectivity index is 2.00. The van der Waals surface area contributed by atoms with Crippen LogP contribution in [0.4, 0.5) is 11.5 Å². The second-order valence-corrected chi connectivity index (χ2v) is 4.35. The first-order valence-corrected chi connectivity index (χ1v) is 5.66. The molecule has 1 aromatic rings. The summed E-state index contributed by atoms with van der Waals surface area (Å²) in [6.45, 7) is 0. The minimum Gasteiger partial charge on any atom is -0.481 e. The molecule has 1 saturated carbocycles. The van der Waals surface area contributed by atoms with Crippen LogP contribution in [0.5, 0.6) is 0 Å². The van der Waals surface area contributed by atoms with Crippen molar-refractivity contribution in [2.45, 2.75) is 25.3 Å². The average molecular weight is 251 g/mol. The minimum atomic E-state index is -0.786. The molecule has 96 valence electrons. The molecule has 7 nitrogen and oxygen atoms in total. The van der Waals surface area contributed by atoms with Crippen LogP contribution in [0.2, 0.25) is 0 Å². The summed E-state index contributed by atoms with van der Waals surface area (Å²) in [4.78, 5) is 24.9. The van der Waals surface area contributed by atoms with Crippen molar-refractivity contribution in [1.29, 1.82) is 0 Å². The number of carboxylic acids is 1. The van der Waals surface area contributed by atoms with Crippen molar-refractivity contribution in [2.24, 2.45) is 5.92 Å². The van der Waals surface area contributed by atoms with Crippen LogP contribution in [0.1, 0.15) is 19.3 Å². The van der Waals surface area contributed by atoms with Crippen molar-refractivity contribution in [3.05, 3.63) is 28.4 Å².